The summed E-state index contributed by atoms with van der Waals surface area (Å²) >= 11 is 0. The van der Waals surface area contributed by atoms with Gasteiger partial charge >= 0.3 is 12.1 Å². The normalized spacial score (nSPS) is 36.6. The molecule has 0 aromatic heterocycles. The first-order valence-electron chi connectivity index (χ1n) is 7.11. The standard InChI is InChI=1S/C14H21F3O3/c1-8(2)12(18)20-4-3-9-5-11-6-10(9)7-13(11,19)14(15,16)17/h8-11,19H,3-7H2,1-2H3. The average Bonchev–Trinajstić information content (AvgIpc) is 2.85. The highest BCUT2D eigenvalue weighted by Gasteiger charge is 2.66. The second kappa shape index (κ2) is 5.20. The molecule has 0 saturated heterocycles. The smallest absolute Gasteiger partial charge is 0.417 e. The van der Waals surface area contributed by atoms with Gasteiger partial charge in [0.05, 0.1) is 12.5 Å². The number of aliphatic hydroxyl groups is 1. The fourth-order valence-corrected chi connectivity index (χ4v) is 3.60. The Morgan fingerprint density at radius 2 is 2.05 bits per heavy atom. The molecule has 6 heteroatoms. The second-order valence-corrected chi connectivity index (χ2v) is 6.43. The summed E-state index contributed by atoms with van der Waals surface area (Å²) in [4.78, 5) is 11.3. The SMILES string of the molecule is CC(C)C(=O)OCCC1CC2CC1CC2(O)C(F)(F)F. The van der Waals surface area contributed by atoms with Crippen LogP contribution < -0.4 is 0 Å². The zero-order chi connectivity index (χ0) is 15.1. The maximum Gasteiger partial charge on any atom is 0.417 e. The van der Waals surface area contributed by atoms with Gasteiger partial charge in [-0.1, -0.05) is 13.8 Å². The van der Waals surface area contributed by atoms with Gasteiger partial charge in [0.1, 0.15) is 0 Å². The van der Waals surface area contributed by atoms with Crippen molar-refractivity contribution in [2.45, 2.75) is 51.3 Å². The lowest BCUT2D eigenvalue weighted by Gasteiger charge is -2.37. The number of fused-ring (bicyclic) bond motifs is 2. The van der Waals surface area contributed by atoms with Crippen LogP contribution in [0.25, 0.3) is 0 Å². The third-order valence-corrected chi connectivity index (χ3v) is 4.79. The Labute approximate surface area is 116 Å². The molecule has 2 aliphatic rings. The van der Waals surface area contributed by atoms with E-state index in [1.54, 1.807) is 13.8 Å². The quantitative estimate of drug-likeness (QED) is 0.811. The molecule has 2 aliphatic carbocycles. The minimum atomic E-state index is -4.54. The molecule has 4 atom stereocenters. The van der Waals surface area contributed by atoms with Gasteiger partial charge < -0.3 is 9.84 Å². The van der Waals surface area contributed by atoms with Crippen molar-refractivity contribution in [3.63, 3.8) is 0 Å². The number of alkyl halides is 3. The monoisotopic (exact) mass is 294 g/mol. The van der Waals surface area contributed by atoms with Crippen LogP contribution in [0.1, 0.15) is 39.5 Å². The van der Waals surface area contributed by atoms with Crippen LogP contribution in [0, 0.1) is 23.7 Å². The predicted molar refractivity (Wildman–Crippen MR) is 65.7 cm³/mol. The van der Waals surface area contributed by atoms with Crippen molar-refractivity contribution < 1.29 is 27.8 Å². The van der Waals surface area contributed by atoms with Gasteiger partial charge in [0, 0.05) is 0 Å². The predicted octanol–water partition coefficient (Wildman–Crippen LogP) is 2.92. The van der Waals surface area contributed by atoms with Crippen LogP contribution in [-0.4, -0.2) is 29.5 Å². The molecule has 0 amide bonds. The minimum absolute atomic E-state index is 0.107. The molecule has 0 heterocycles. The van der Waals surface area contributed by atoms with Gasteiger partial charge in [-0.05, 0) is 43.4 Å². The summed E-state index contributed by atoms with van der Waals surface area (Å²) < 4.78 is 43.6. The molecule has 0 aliphatic heterocycles. The Hall–Kier alpha value is -0.780. The third kappa shape index (κ3) is 2.67. The van der Waals surface area contributed by atoms with Crippen LogP contribution in [0.2, 0.25) is 0 Å². The van der Waals surface area contributed by atoms with E-state index < -0.39 is 17.7 Å². The summed E-state index contributed by atoms with van der Waals surface area (Å²) in [5.41, 5.74) is -2.50. The zero-order valence-corrected chi connectivity index (χ0v) is 11.7. The molecule has 2 bridgehead atoms. The van der Waals surface area contributed by atoms with Crippen molar-refractivity contribution in [3.8, 4) is 0 Å². The van der Waals surface area contributed by atoms with E-state index in [1.165, 1.54) is 0 Å². The van der Waals surface area contributed by atoms with Crippen LogP contribution in [0.4, 0.5) is 13.2 Å². The molecule has 0 radical (unpaired) electrons. The highest BCUT2D eigenvalue weighted by atomic mass is 19.4. The van der Waals surface area contributed by atoms with Gasteiger partial charge in [0.15, 0.2) is 5.60 Å². The molecule has 20 heavy (non-hydrogen) atoms. The summed E-state index contributed by atoms with van der Waals surface area (Å²) in [5, 5.41) is 9.81. The number of carbonyl (C=O) groups excluding carboxylic acids is 1. The van der Waals surface area contributed by atoms with Gasteiger partial charge in [-0.15, -0.1) is 0 Å². The van der Waals surface area contributed by atoms with Crippen LogP contribution in [-0.2, 0) is 9.53 Å². The van der Waals surface area contributed by atoms with Crippen molar-refractivity contribution in [2.24, 2.45) is 23.7 Å². The van der Waals surface area contributed by atoms with E-state index in [0.29, 0.717) is 19.3 Å². The summed E-state index contributed by atoms with van der Waals surface area (Å²) in [6.45, 7) is 3.74. The summed E-state index contributed by atoms with van der Waals surface area (Å²) in [6.07, 6.45) is -3.35. The van der Waals surface area contributed by atoms with Gasteiger partial charge in [-0.2, -0.15) is 13.2 Å². The van der Waals surface area contributed by atoms with E-state index in [9.17, 15) is 23.1 Å². The molecule has 2 fully saturated rings. The molecule has 0 spiro atoms. The Morgan fingerprint density at radius 3 is 2.50 bits per heavy atom. The zero-order valence-electron chi connectivity index (χ0n) is 11.7. The largest absolute Gasteiger partial charge is 0.465 e. The summed E-state index contributed by atoms with van der Waals surface area (Å²) in [5.74, 6) is -1.14. The Balaban J connectivity index is 1.82. The minimum Gasteiger partial charge on any atom is -0.465 e. The number of carbonyl (C=O) groups is 1. The van der Waals surface area contributed by atoms with Crippen molar-refractivity contribution in [1.82, 2.24) is 0 Å². The molecule has 0 aromatic carbocycles. The highest BCUT2D eigenvalue weighted by molar-refractivity contribution is 5.71. The summed E-state index contributed by atoms with van der Waals surface area (Å²) in [7, 11) is 0. The van der Waals surface area contributed by atoms with Crippen LogP contribution in [0.15, 0.2) is 0 Å². The molecule has 0 aromatic rings. The number of hydrogen-bond acceptors (Lipinski definition) is 3. The Bertz CT molecular complexity index is 380. The molecule has 4 unspecified atom stereocenters. The first-order valence-corrected chi connectivity index (χ1v) is 7.11. The van der Waals surface area contributed by atoms with Crippen LogP contribution in [0.3, 0.4) is 0 Å². The van der Waals surface area contributed by atoms with Gasteiger partial charge in [-0.3, -0.25) is 4.79 Å². The van der Waals surface area contributed by atoms with Gasteiger partial charge in [0.2, 0.25) is 0 Å². The fraction of sp³-hybridized carbons (Fsp3) is 0.929. The third-order valence-electron chi connectivity index (χ3n) is 4.79. The molecule has 1 N–H and O–H groups in total. The van der Waals surface area contributed by atoms with Crippen molar-refractivity contribution >= 4 is 5.97 Å². The number of rotatable bonds is 4. The molecular formula is C14H21F3O3. The van der Waals surface area contributed by atoms with E-state index in [0.717, 1.165) is 0 Å². The lowest BCUT2D eigenvalue weighted by molar-refractivity contribution is -0.279. The van der Waals surface area contributed by atoms with Crippen LogP contribution >= 0.6 is 0 Å². The molecule has 3 nitrogen and oxygen atoms in total. The first kappa shape index (κ1) is 15.6. The van der Waals surface area contributed by atoms with Crippen molar-refractivity contribution in [2.75, 3.05) is 6.61 Å². The van der Waals surface area contributed by atoms with E-state index in [2.05, 4.69) is 0 Å². The maximum atomic E-state index is 12.9. The van der Waals surface area contributed by atoms with Crippen LogP contribution in [0.5, 0.6) is 0 Å². The molecule has 2 rings (SSSR count). The Morgan fingerprint density at radius 1 is 1.40 bits per heavy atom. The molecular weight excluding hydrogens is 273 g/mol. The number of halogens is 3. The van der Waals surface area contributed by atoms with E-state index in [-0.39, 0.29) is 36.8 Å². The maximum absolute atomic E-state index is 12.9. The van der Waals surface area contributed by atoms with E-state index in [1.807, 2.05) is 0 Å². The van der Waals surface area contributed by atoms with Crippen molar-refractivity contribution in [3.05, 3.63) is 0 Å². The van der Waals surface area contributed by atoms with E-state index in [4.69, 9.17) is 4.74 Å². The highest BCUT2D eigenvalue weighted by Crippen LogP contribution is 2.59. The van der Waals surface area contributed by atoms with E-state index >= 15 is 0 Å². The van der Waals surface area contributed by atoms with Gasteiger partial charge in [0.25, 0.3) is 0 Å². The lowest BCUT2D eigenvalue weighted by atomic mass is 9.77. The second-order valence-electron chi connectivity index (χ2n) is 6.43. The fourth-order valence-electron chi connectivity index (χ4n) is 3.60. The first-order chi connectivity index (χ1) is 9.15. The average molecular weight is 294 g/mol. The number of esters is 1. The number of hydrogen-bond donors (Lipinski definition) is 1. The van der Waals surface area contributed by atoms with Crippen molar-refractivity contribution in [1.29, 1.82) is 0 Å². The number of ether oxygens (including phenoxy) is 1. The lowest BCUT2D eigenvalue weighted by Crippen LogP contribution is -2.50. The molecule has 116 valence electrons. The summed E-state index contributed by atoms with van der Waals surface area (Å²) in [6, 6.07) is 0. The van der Waals surface area contributed by atoms with Gasteiger partial charge in [-0.25, -0.2) is 0 Å². The molecule has 2 saturated carbocycles. The topological polar surface area (TPSA) is 46.5 Å². The Kier molecular flexibility index (Phi) is 4.06.